The maximum atomic E-state index is 13.0. The van der Waals surface area contributed by atoms with Crippen molar-refractivity contribution in [3.8, 4) is 10.6 Å². The number of halogens is 1. The fraction of sp³-hybridized carbons (Fsp3) is 0.0667. The van der Waals surface area contributed by atoms with Gasteiger partial charge in [0.15, 0.2) is 5.69 Å². The van der Waals surface area contributed by atoms with Crippen molar-refractivity contribution in [2.75, 3.05) is 0 Å². The lowest BCUT2D eigenvalue weighted by molar-refractivity contribution is 0.0946. The highest BCUT2D eigenvalue weighted by atomic mass is 32.1. The maximum absolute atomic E-state index is 13.0. The number of carbonyl (C=O) groups is 1. The highest BCUT2D eigenvalue weighted by molar-refractivity contribution is 7.13. The molecule has 2 heterocycles. The summed E-state index contributed by atoms with van der Waals surface area (Å²) in [4.78, 5) is 13.0. The first-order valence-corrected chi connectivity index (χ1v) is 7.22. The van der Waals surface area contributed by atoms with Gasteiger partial charge in [0.1, 0.15) is 5.82 Å². The fourth-order valence-electron chi connectivity index (χ4n) is 1.92. The van der Waals surface area contributed by atoms with Crippen LogP contribution < -0.4 is 5.32 Å². The summed E-state index contributed by atoms with van der Waals surface area (Å²) in [5.41, 5.74) is 1.83. The van der Waals surface area contributed by atoms with Crippen molar-refractivity contribution in [3.63, 3.8) is 0 Å². The molecule has 21 heavy (non-hydrogen) atoms. The van der Waals surface area contributed by atoms with Gasteiger partial charge in [-0.15, -0.1) is 11.3 Å². The minimum absolute atomic E-state index is 0.262. The molecule has 0 radical (unpaired) electrons. The highest BCUT2D eigenvalue weighted by Gasteiger charge is 2.11. The summed E-state index contributed by atoms with van der Waals surface area (Å²) < 4.78 is 13.0. The molecular formula is C15H12FN3OS. The summed E-state index contributed by atoms with van der Waals surface area (Å²) in [7, 11) is 0. The van der Waals surface area contributed by atoms with Crippen molar-refractivity contribution in [2.24, 2.45) is 0 Å². The molecule has 0 bridgehead atoms. The number of aromatic nitrogens is 2. The number of nitrogens with zero attached hydrogens (tertiary/aromatic N) is 1. The molecule has 0 fully saturated rings. The van der Waals surface area contributed by atoms with Gasteiger partial charge in [-0.05, 0) is 35.2 Å². The minimum atomic E-state index is -0.318. The lowest BCUT2D eigenvalue weighted by atomic mass is 10.2. The number of hydrogen-bond donors (Lipinski definition) is 2. The molecule has 6 heteroatoms. The van der Waals surface area contributed by atoms with Gasteiger partial charge in [0.2, 0.25) is 0 Å². The molecule has 106 valence electrons. The van der Waals surface area contributed by atoms with Crippen LogP contribution in [0.4, 0.5) is 4.39 Å². The SMILES string of the molecule is O=C(NCc1cccc(F)c1)c1cc(-c2cccs2)[nH]n1. The monoisotopic (exact) mass is 301 g/mol. The number of aromatic amines is 1. The molecule has 0 aliphatic carbocycles. The van der Waals surface area contributed by atoms with Crippen LogP contribution in [0.2, 0.25) is 0 Å². The first-order valence-electron chi connectivity index (χ1n) is 6.34. The van der Waals surface area contributed by atoms with Crippen LogP contribution in [0.1, 0.15) is 16.1 Å². The Balaban J connectivity index is 1.66. The molecule has 2 N–H and O–H groups in total. The highest BCUT2D eigenvalue weighted by Crippen LogP contribution is 2.22. The standard InChI is InChI=1S/C15H12FN3OS/c16-11-4-1-3-10(7-11)9-17-15(20)13-8-12(18-19-13)14-5-2-6-21-14/h1-8H,9H2,(H,17,20)(H,18,19). The fourth-order valence-corrected chi connectivity index (χ4v) is 2.61. The van der Waals surface area contributed by atoms with Crippen LogP contribution in [0.5, 0.6) is 0 Å². The Hall–Kier alpha value is -2.47. The second-order valence-electron chi connectivity index (χ2n) is 4.46. The van der Waals surface area contributed by atoms with Gasteiger partial charge in [-0.2, -0.15) is 5.10 Å². The van der Waals surface area contributed by atoms with Crippen LogP contribution in [0.15, 0.2) is 47.8 Å². The van der Waals surface area contributed by atoms with Crippen molar-refractivity contribution in [1.82, 2.24) is 15.5 Å². The van der Waals surface area contributed by atoms with Crippen LogP contribution in [0.3, 0.4) is 0 Å². The smallest absolute Gasteiger partial charge is 0.272 e. The van der Waals surface area contributed by atoms with E-state index in [1.54, 1.807) is 29.5 Å². The second-order valence-corrected chi connectivity index (χ2v) is 5.40. The Kier molecular flexibility index (Phi) is 3.79. The van der Waals surface area contributed by atoms with E-state index in [1.807, 2.05) is 17.5 Å². The van der Waals surface area contributed by atoms with Gasteiger partial charge in [-0.1, -0.05) is 18.2 Å². The van der Waals surface area contributed by atoms with Gasteiger partial charge >= 0.3 is 0 Å². The van der Waals surface area contributed by atoms with E-state index < -0.39 is 0 Å². The van der Waals surface area contributed by atoms with E-state index in [4.69, 9.17) is 0 Å². The third-order valence-electron chi connectivity index (χ3n) is 2.94. The number of amides is 1. The molecule has 3 aromatic rings. The van der Waals surface area contributed by atoms with Crippen molar-refractivity contribution in [1.29, 1.82) is 0 Å². The van der Waals surface area contributed by atoms with Gasteiger partial charge in [0.05, 0.1) is 10.6 Å². The van der Waals surface area contributed by atoms with E-state index in [0.717, 1.165) is 10.6 Å². The van der Waals surface area contributed by atoms with Crippen LogP contribution in [0, 0.1) is 5.82 Å². The van der Waals surface area contributed by atoms with Gasteiger partial charge in [-0.3, -0.25) is 9.89 Å². The van der Waals surface area contributed by atoms with Gasteiger partial charge in [0.25, 0.3) is 5.91 Å². The Morgan fingerprint density at radius 2 is 2.19 bits per heavy atom. The van der Waals surface area contributed by atoms with Crippen molar-refractivity contribution < 1.29 is 9.18 Å². The molecule has 0 atom stereocenters. The Morgan fingerprint density at radius 1 is 1.29 bits per heavy atom. The molecule has 1 amide bonds. The largest absolute Gasteiger partial charge is 0.347 e. The second kappa shape index (κ2) is 5.88. The third-order valence-corrected chi connectivity index (χ3v) is 3.84. The quantitative estimate of drug-likeness (QED) is 0.777. The van der Waals surface area contributed by atoms with Crippen molar-refractivity contribution in [3.05, 3.63) is 64.9 Å². The molecule has 2 aromatic heterocycles. The number of carbonyl (C=O) groups excluding carboxylic acids is 1. The molecule has 4 nitrogen and oxygen atoms in total. The van der Waals surface area contributed by atoms with Gasteiger partial charge < -0.3 is 5.32 Å². The summed E-state index contributed by atoms with van der Waals surface area (Å²) in [5.74, 6) is -0.611. The summed E-state index contributed by atoms with van der Waals surface area (Å²) in [6.45, 7) is 0.262. The van der Waals surface area contributed by atoms with Crippen LogP contribution in [-0.2, 0) is 6.54 Å². The van der Waals surface area contributed by atoms with E-state index >= 15 is 0 Å². The number of rotatable bonds is 4. The Labute approximate surface area is 124 Å². The van der Waals surface area contributed by atoms with Crippen LogP contribution in [-0.4, -0.2) is 16.1 Å². The molecule has 0 spiro atoms. The maximum Gasteiger partial charge on any atom is 0.272 e. The molecule has 0 saturated carbocycles. The zero-order valence-corrected chi connectivity index (χ0v) is 11.8. The topological polar surface area (TPSA) is 57.8 Å². The Morgan fingerprint density at radius 3 is 2.95 bits per heavy atom. The molecule has 0 saturated heterocycles. The summed E-state index contributed by atoms with van der Waals surface area (Å²) >= 11 is 1.57. The van der Waals surface area contributed by atoms with E-state index in [9.17, 15) is 9.18 Å². The first kappa shape index (κ1) is 13.5. The average molecular weight is 301 g/mol. The third kappa shape index (κ3) is 3.17. The lowest BCUT2D eigenvalue weighted by Gasteiger charge is -2.03. The normalized spacial score (nSPS) is 10.5. The predicted molar refractivity (Wildman–Crippen MR) is 79.5 cm³/mol. The van der Waals surface area contributed by atoms with E-state index in [2.05, 4.69) is 15.5 Å². The van der Waals surface area contributed by atoms with E-state index in [-0.39, 0.29) is 18.3 Å². The molecule has 0 unspecified atom stereocenters. The number of nitrogens with one attached hydrogen (secondary N) is 2. The predicted octanol–water partition coefficient (Wildman–Crippen LogP) is 3.21. The lowest BCUT2D eigenvalue weighted by Crippen LogP contribution is -2.23. The van der Waals surface area contributed by atoms with Gasteiger partial charge in [0, 0.05) is 6.54 Å². The Bertz CT molecular complexity index is 752. The number of H-pyrrole nitrogens is 1. The van der Waals surface area contributed by atoms with Gasteiger partial charge in [-0.25, -0.2) is 4.39 Å². The zero-order valence-electron chi connectivity index (χ0n) is 11.0. The van der Waals surface area contributed by atoms with Crippen LogP contribution >= 0.6 is 11.3 Å². The van der Waals surface area contributed by atoms with Crippen LogP contribution in [0.25, 0.3) is 10.6 Å². The number of thiophene rings is 1. The summed E-state index contributed by atoms with van der Waals surface area (Å²) in [5, 5.41) is 11.5. The minimum Gasteiger partial charge on any atom is -0.347 e. The molecule has 3 rings (SSSR count). The molecule has 0 aliphatic rings. The van der Waals surface area contributed by atoms with E-state index in [0.29, 0.717) is 11.3 Å². The average Bonchev–Trinajstić information content (AvgIpc) is 3.15. The zero-order chi connectivity index (χ0) is 14.7. The first-order chi connectivity index (χ1) is 10.2. The van der Waals surface area contributed by atoms with Crippen molar-refractivity contribution in [2.45, 2.75) is 6.54 Å². The van der Waals surface area contributed by atoms with Crippen molar-refractivity contribution >= 4 is 17.2 Å². The summed E-state index contributed by atoms with van der Waals surface area (Å²) in [6.07, 6.45) is 0. The molecule has 0 aliphatic heterocycles. The number of hydrogen-bond acceptors (Lipinski definition) is 3. The summed E-state index contributed by atoms with van der Waals surface area (Å²) in [6, 6.07) is 11.7. The molecule has 1 aromatic carbocycles. The van der Waals surface area contributed by atoms with E-state index in [1.165, 1.54) is 12.1 Å². The number of benzene rings is 1. The molecular weight excluding hydrogens is 289 g/mol.